The highest BCUT2D eigenvalue weighted by atomic mass is 32.1. The van der Waals surface area contributed by atoms with Crippen molar-refractivity contribution in [1.82, 2.24) is 4.98 Å². The van der Waals surface area contributed by atoms with E-state index in [2.05, 4.69) is 11.1 Å². The summed E-state index contributed by atoms with van der Waals surface area (Å²) in [5.74, 6) is 1.07. The number of nitriles is 1. The topological polar surface area (TPSA) is 79.3 Å². The highest BCUT2D eigenvalue weighted by Crippen LogP contribution is 2.30. The third kappa shape index (κ3) is 3.10. The minimum atomic E-state index is 0.0222. The number of rotatable bonds is 4. The van der Waals surface area contributed by atoms with E-state index in [0.29, 0.717) is 33.3 Å². The fourth-order valence-corrected chi connectivity index (χ4v) is 2.81. The number of hydrogen-bond donors (Lipinski definition) is 1. The van der Waals surface area contributed by atoms with Crippen molar-refractivity contribution >= 4 is 23.0 Å². The van der Waals surface area contributed by atoms with Gasteiger partial charge < -0.3 is 14.3 Å². The summed E-state index contributed by atoms with van der Waals surface area (Å²) in [6, 6.07) is 10.7. The summed E-state index contributed by atoms with van der Waals surface area (Å²) < 4.78 is 10.3. The van der Waals surface area contributed by atoms with Crippen LogP contribution in [0.4, 0.5) is 0 Å². The number of aromatic nitrogens is 1. The third-order valence-electron chi connectivity index (χ3n) is 3.14. The number of hydrogen-bond acceptors (Lipinski definition) is 6. The van der Waals surface area contributed by atoms with Crippen LogP contribution in [0.15, 0.2) is 46.4 Å². The molecule has 0 aliphatic rings. The number of phenols is 1. The van der Waals surface area contributed by atoms with Crippen LogP contribution in [0.1, 0.15) is 10.6 Å². The Morgan fingerprint density at radius 3 is 2.96 bits per heavy atom. The molecule has 6 heteroatoms. The molecule has 5 nitrogen and oxygen atoms in total. The molecule has 0 unspecified atom stereocenters. The molecule has 0 aliphatic heterocycles. The van der Waals surface area contributed by atoms with Gasteiger partial charge in [-0.2, -0.15) is 5.26 Å². The van der Waals surface area contributed by atoms with Crippen LogP contribution in [0.2, 0.25) is 0 Å². The largest absolute Gasteiger partial charge is 0.504 e. The number of allylic oxidation sites excluding steroid dienone is 1. The molecule has 114 valence electrons. The van der Waals surface area contributed by atoms with Gasteiger partial charge in [0.15, 0.2) is 17.3 Å². The lowest BCUT2D eigenvalue weighted by molar-refractivity contribution is 0.373. The van der Waals surface area contributed by atoms with E-state index in [1.54, 1.807) is 30.5 Å². The summed E-state index contributed by atoms with van der Waals surface area (Å²) in [4.78, 5) is 4.42. The molecule has 0 saturated carbocycles. The molecule has 0 fully saturated rings. The van der Waals surface area contributed by atoms with Gasteiger partial charge in [-0.15, -0.1) is 11.3 Å². The molecule has 3 aromatic rings. The second-order valence-corrected chi connectivity index (χ2v) is 5.47. The Morgan fingerprint density at radius 2 is 2.30 bits per heavy atom. The lowest BCUT2D eigenvalue weighted by Gasteiger charge is -2.03. The minimum Gasteiger partial charge on any atom is -0.504 e. The van der Waals surface area contributed by atoms with Crippen LogP contribution in [-0.2, 0) is 0 Å². The van der Waals surface area contributed by atoms with E-state index >= 15 is 0 Å². The average molecular weight is 324 g/mol. The maximum absolute atomic E-state index is 9.81. The fourth-order valence-electron chi connectivity index (χ4n) is 2.04. The molecule has 2 heterocycles. The zero-order valence-corrected chi connectivity index (χ0v) is 13.0. The molecule has 0 radical (unpaired) electrons. The molecule has 2 aromatic heterocycles. The van der Waals surface area contributed by atoms with Gasteiger partial charge in [0, 0.05) is 5.38 Å². The van der Waals surface area contributed by atoms with Crippen molar-refractivity contribution in [3.8, 4) is 29.0 Å². The first-order valence-electron chi connectivity index (χ1n) is 6.70. The molecule has 0 amide bonds. The van der Waals surface area contributed by atoms with Gasteiger partial charge in [-0.05, 0) is 35.9 Å². The molecule has 0 aliphatic carbocycles. The molecule has 0 atom stereocenters. The van der Waals surface area contributed by atoms with Crippen LogP contribution in [0, 0.1) is 11.3 Å². The van der Waals surface area contributed by atoms with Gasteiger partial charge in [0.05, 0.1) is 18.9 Å². The van der Waals surface area contributed by atoms with E-state index < -0.39 is 0 Å². The molecule has 3 rings (SSSR count). The Balaban J connectivity index is 1.94. The van der Waals surface area contributed by atoms with Crippen molar-refractivity contribution < 1.29 is 14.3 Å². The number of ether oxygens (including phenoxy) is 1. The van der Waals surface area contributed by atoms with Gasteiger partial charge in [-0.3, -0.25) is 0 Å². The zero-order chi connectivity index (χ0) is 16.2. The standard InChI is InChI=1S/C17H12N2O3S/c1-21-16-5-4-11(8-14(16)20)7-12(9-18)17-19-13(10-23-17)15-3-2-6-22-15/h2-8,10,20H,1H3/b12-7+. The Labute approximate surface area is 136 Å². The van der Waals surface area contributed by atoms with Gasteiger partial charge in [0.25, 0.3) is 0 Å². The number of benzene rings is 1. The number of methoxy groups -OCH3 is 1. The molecule has 1 N–H and O–H groups in total. The molecule has 0 spiro atoms. The Morgan fingerprint density at radius 1 is 1.43 bits per heavy atom. The van der Waals surface area contributed by atoms with Crippen molar-refractivity contribution in [3.05, 3.63) is 52.5 Å². The molecule has 1 aromatic carbocycles. The SMILES string of the molecule is COc1ccc(/C=C(\C#N)c2nc(-c3ccco3)cs2)cc1O. The van der Waals surface area contributed by atoms with Crippen LogP contribution >= 0.6 is 11.3 Å². The van der Waals surface area contributed by atoms with Gasteiger partial charge >= 0.3 is 0 Å². The second kappa shape index (κ2) is 6.38. The minimum absolute atomic E-state index is 0.0222. The van der Waals surface area contributed by atoms with Crippen LogP contribution < -0.4 is 4.74 Å². The van der Waals surface area contributed by atoms with E-state index in [0.717, 1.165) is 0 Å². The lowest BCUT2D eigenvalue weighted by atomic mass is 10.1. The van der Waals surface area contributed by atoms with Crippen LogP contribution in [-0.4, -0.2) is 17.2 Å². The number of furan rings is 1. The quantitative estimate of drug-likeness (QED) is 0.728. The molecule has 0 saturated heterocycles. The highest BCUT2D eigenvalue weighted by molar-refractivity contribution is 7.11. The molecule has 23 heavy (non-hydrogen) atoms. The van der Waals surface area contributed by atoms with Crippen molar-refractivity contribution in [2.75, 3.05) is 7.11 Å². The highest BCUT2D eigenvalue weighted by Gasteiger charge is 2.11. The third-order valence-corrected chi connectivity index (χ3v) is 4.02. The molecule has 0 bridgehead atoms. The van der Waals surface area contributed by atoms with Crippen molar-refractivity contribution in [2.24, 2.45) is 0 Å². The second-order valence-electron chi connectivity index (χ2n) is 4.62. The Kier molecular flexibility index (Phi) is 4.13. The molecular formula is C17H12N2O3S. The Hall–Kier alpha value is -3.04. The molecular weight excluding hydrogens is 312 g/mol. The van der Waals surface area contributed by atoms with E-state index in [9.17, 15) is 10.4 Å². The smallest absolute Gasteiger partial charge is 0.160 e. The van der Waals surface area contributed by atoms with Crippen LogP contribution in [0.3, 0.4) is 0 Å². The number of thiazole rings is 1. The van der Waals surface area contributed by atoms with Crippen LogP contribution in [0.5, 0.6) is 11.5 Å². The summed E-state index contributed by atoms with van der Waals surface area (Å²) in [7, 11) is 1.48. The van der Waals surface area contributed by atoms with Gasteiger partial charge in [-0.25, -0.2) is 4.98 Å². The van der Waals surface area contributed by atoms with E-state index in [1.807, 2.05) is 11.4 Å². The summed E-state index contributed by atoms with van der Waals surface area (Å²) in [6.07, 6.45) is 3.25. The summed E-state index contributed by atoms with van der Waals surface area (Å²) in [5, 5.41) is 21.6. The predicted octanol–water partition coefficient (Wildman–Crippen LogP) is 4.18. The summed E-state index contributed by atoms with van der Waals surface area (Å²) in [6.45, 7) is 0. The predicted molar refractivity (Wildman–Crippen MR) is 88.0 cm³/mol. The summed E-state index contributed by atoms with van der Waals surface area (Å²) in [5.41, 5.74) is 1.79. The van der Waals surface area contributed by atoms with E-state index in [1.165, 1.54) is 24.5 Å². The maximum Gasteiger partial charge on any atom is 0.160 e. The summed E-state index contributed by atoms with van der Waals surface area (Å²) >= 11 is 1.36. The first-order chi connectivity index (χ1) is 11.2. The van der Waals surface area contributed by atoms with Crippen molar-refractivity contribution in [2.45, 2.75) is 0 Å². The maximum atomic E-state index is 9.81. The zero-order valence-electron chi connectivity index (χ0n) is 12.2. The first kappa shape index (κ1) is 14.9. The first-order valence-corrected chi connectivity index (χ1v) is 7.58. The van der Waals surface area contributed by atoms with Crippen LogP contribution in [0.25, 0.3) is 23.1 Å². The number of phenolic OH excluding ortho intramolecular Hbond substituents is 1. The van der Waals surface area contributed by atoms with Crippen molar-refractivity contribution in [1.29, 1.82) is 5.26 Å². The van der Waals surface area contributed by atoms with Gasteiger partial charge in [-0.1, -0.05) is 6.07 Å². The fraction of sp³-hybridized carbons (Fsp3) is 0.0588. The van der Waals surface area contributed by atoms with Gasteiger partial charge in [0.2, 0.25) is 0 Å². The van der Waals surface area contributed by atoms with Gasteiger partial charge in [0.1, 0.15) is 16.8 Å². The lowest BCUT2D eigenvalue weighted by Crippen LogP contribution is -1.85. The Bertz CT molecular complexity index is 889. The monoisotopic (exact) mass is 324 g/mol. The van der Waals surface area contributed by atoms with E-state index in [-0.39, 0.29) is 5.75 Å². The number of aromatic hydroxyl groups is 1. The van der Waals surface area contributed by atoms with Crippen molar-refractivity contribution in [3.63, 3.8) is 0 Å². The average Bonchev–Trinajstić information content (AvgIpc) is 3.23. The normalized spacial score (nSPS) is 11.2. The van der Waals surface area contributed by atoms with E-state index in [4.69, 9.17) is 9.15 Å². The number of nitrogens with zero attached hydrogens (tertiary/aromatic N) is 2.